The van der Waals surface area contributed by atoms with E-state index < -0.39 is 17.8 Å². The second-order valence-corrected chi connectivity index (χ2v) is 11.2. The smallest absolute Gasteiger partial charge is 0.335 e. The highest BCUT2D eigenvalue weighted by atomic mass is 79.9. The maximum absolute atomic E-state index is 13.5. The predicted octanol–water partition coefficient (Wildman–Crippen LogP) is 7.63. The minimum atomic E-state index is -0.841. The van der Waals surface area contributed by atoms with E-state index in [9.17, 15) is 14.4 Å². The number of amides is 4. The molecule has 4 aromatic rings. The Hall–Kier alpha value is -4.60. The first kappa shape index (κ1) is 30.8. The van der Waals surface area contributed by atoms with Crippen molar-refractivity contribution in [2.24, 2.45) is 0 Å². The van der Waals surface area contributed by atoms with E-state index in [0.717, 1.165) is 21.6 Å². The Morgan fingerprint density at radius 1 is 0.864 bits per heavy atom. The number of nitrogens with one attached hydrogen (secondary N) is 1. The number of hydrogen-bond donors (Lipinski definition) is 1. The number of carbonyl (C=O) groups excluding carboxylic acids is 3. The average Bonchev–Trinajstić information content (AvgIpc) is 2.99. The number of nitrogens with zero attached hydrogens (tertiary/aromatic N) is 1. The molecule has 5 rings (SSSR count). The lowest BCUT2D eigenvalue weighted by Gasteiger charge is -2.26. The van der Waals surface area contributed by atoms with Crippen molar-refractivity contribution in [1.29, 1.82) is 0 Å². The zero-order valence-corrected chi connectivity index (χ0v) is 26.3. The molecule has 8 nitrogen and oxygen atoms in total. The van der Waals surface area contributed by atoms with Gasteiger partial charge in [-0.05, 0) is 101 Å². The lowest BCUT2D eigenvalue weighted by atomic mass is 10.1. The lowest BCUT2D eigenvalue weighted by Crippen LogP contribution is -2.54. The molecule has 1 fully saturated rings. The summed E-state index contributed by atoms with van der Waals surface area (Å²) in [5.74, 6) is -0.132. The number of halogens is 2. The second kappa shape index (κ2) is 13.8. The molecule has 0 radical (unpaired) electrons. The van der Waals surface area contributed by atoms with E-state index in [-0.39, 0.29) is 17.9 Å². The summed E-state index contributed by atoms with van der Waals surface area (Å²) in [6, 6.07) is 24.3. The number of hydrogen-bond acceptors (Lipinski definition) is 6. The van der Waals surface area contributed by atoms with Crippen molar-refractivity contribution < 1.29 is 28.6 Å². The summed E-state index contributed by atoms with van der Waals surface area (Å²) < 4.78 is 18.2. The predicted molar refractivity (Wildman–Crippen MR) is 172 cm³/mol. The fourth-order valence-corrected chi connectivity index (χ4v) is 5.24. The molecule has 1 heterocycles. The quantitative estimate of drug-likeness (QED) is 0.137. The fraction of sp³-hybridized carbons (Fsp3) is 0.147. The third-order valence-corrected chi connectivity index (χ3v) is 7.46. The highest BCUT2D eigenvalue weighted by Crippen LogP contribution is 2.38. The Morgan fingerprint density at radius 3 is 2.30 bits per heavy atom. The molecule has 0 unspecified atom stereocenters. The van der Waals surface area contributed by atoms with E-state index in [1.807, 2.05) is 50.2 Å². The highest BCUT2D eigenvalue weighted by Gasteiger charge is 2.37. The molecule has 44 heavy (non-hydrogen) atoms. The van der Waals surface area contributed by atoms with E-state index >= 15 is 0 Å². The molecule has 1 aliphatic rings. The molecular weight excluding hydrogens is 648 g/mol. The average molecular weight is 676 g/mol. The molecule has 4 amide bonds. The maximum Gasteiger partial charge on any atom is 0.335 e. The molecule has 0 spiro atoms. The van der Waals surface area contributed by atoms with Crippen LogP contribution in [0.5, 0.6) is 17.2 Å². The molecule has 1 saturated heterocycles. The van der Waals surface area contributed by atoms with Crippen molar-refractivity contribution in [3.63, 3.8) is 0 Å². The minimum Gasteiger partial charge on any atom is -0.490 e. The van der Waals surface area contributed by atoms with E-state index in [4.69, 9.17) is 25.8 Å². The van der Waals surface area contributed by atoms with Crippen LogP contribution in [-0.4, -0.2) is 24.5 Å². The zero-order valence-electron chi connectivity index (χ0n) is 23.9. The second-order valence-electron chi connectivity index (χ2n) is 9.91. The van der Waals surface area contributed by atoms with E-state index in [0.29, 0.717) is 45.5 Å². The molecule has 224 valence electrons. The largest absolute Gasteiger partial charge is 0.490 e. The maximum atomic E-state index is 13.5. The van der Waals surface area contributed by atoms with Gasteiger partial charge in [-0.1, -0.05) is 53.6 Å². The molecule has 1 N–H and O–H groups in total. The molecule has 0 atom stereocenters. The van der Waals surface area contributed by atoms with Gasteiger partial charge in [0.15, 0.2) is 11.5 Å². The van der Waals surface area contributed by atoms with Crippen LogP contribution in [0.25, 0.3) is 6.08 Å². The van der Waals surface area contributed by atoms with Gasteiger partial charge >= 0.3 is 6.03 Å². The number of rotatable bonds is 10. The number of urea groups is 1. The van der Waals surface area contributed by atoms with Crippen molar-refractivity contribution in [3.8, 4) is 17.2 Å². The first-order valence-corrected chi connectivity index (χ1v) is 14.9. The van der Waals surface area contributed by atoms with Crippen LogP contribution in [0.2, 0.25) is 5.02 Å². The third-order valence-electron chi connectivity index (χ3n) is 6.64. The Kier molecular flexibility index (Phi) is 9.67. The summed E-state index contributed by atoms with van der Waals surface area (Å²) >= 11 is 9.62. The first-order chi connectivity index (χ1) is 21.2. The highest BCUT2D eigenvalue weighted by molar-refractivity contribution is 9.10. The van der Waals surface area contributed by atoms with Gasteiger partial charge in [0.05, 0.1) is 16.8 Å². The SMILES string of the molecule is CCOc1cc(/C=C2\C(=O)NC(=O)N(c3ccc(OCc4ccc(C)cc4)cc3)C2=O)cc(Br)c1OCc1cccc(Cl)c1. The summed E-state index contributed by atoms with van der Waals surface area (Å²) in [5.41, 5.74) is 3.60. The van der Waals surface area contributed by atoms with Crippen LogP contribution in [0.15, 0.2) is 95.0 Å². The van der Waals surface area contributed by atoms with Gasteiger partial charge in [0.1, 0.15) is 24.5 Å². The Balaban J connectivity index is 1.35. The van der Waals surface area contributed by atoms with Crippen molar-refractivity contribution in [3.05, 3.63) is 122 Å². The summed E-state index contributed by atoms with van der Waals surface area (Å²) in [5, 5.41) is 2.85. The van der Waals surface area contributed by atoms with Crippen molar-refractivity contribution in [1.82, 2.24) is 5.32 Å². The standard InChI is InChI=1S/C34H28BrClN2O6/c1-3-42-30-18-24(17-29(35)31(30)44-20-23-5-4-6-25(36)15-23)16-28-32(39)37-34(41)38(33(28)40)26-11-13-27(14-12-26)43-19-22-9-7-21(2)8-10-22/h4-18H,3,19-20H2,1-2H3,(H,37,39,41)/b28-16+. The van der Waals surface area contributed by atoms with Gasteiger partial charge in [-0.25, -0.2) is 9.69 Å². The van der Waals surface area contributed by atoms with Crippen LogP contribution in [0.4, 0.5) is 10.5 Å². The van der Waals surface area contributed by atoms with Crippen LogP contribution >= 0.6 is 27.5 Å². The summed E-state index contributed by atoms with van der Waals surface area (Å²) in [6.07, 6.45) is 1.41. The molecule has 1 aliphatic heterocycles. The number of aryl methyl sites for hydroxylation is 1. The van der Waals surface area contributed by atoms with E-state index in [2.05, 4.69) is 21.2 Å². The number of ether oxygens (including phenoxy) is 3. The number of anilines is 1. The summed E-state index contributed by atoms with van der Waals surface area (Å²) in [7, 11) is 0. The molecule has 0 saturated carbocycles. The summed E-state index contributed by atoms with van der Waals surface area (Å²) in [4.78, 5) is 39.9. The van der Waals surface area contributed by atoms with Gasteiger partial charge in [0.25, 0.3) is 11.8 Å². The minimum absolute atomic E-state index is 0.216. The molecule has 10 heteroatoms. The third kappa shape index (κ3) is 7.30. The Labute approximate surface area is 268 Å². The number of barbiturate groups is 1. The number of imide groups is 2. The van der Waals surface area contributed by atoms with Crippen LogP contribution in [0.3, 0.4) is 0 Å². The topological polar surface area (TPSA) is 94.2 Å². The van der Waals surface area contributed by atoms with E-state index in [1.165, 1.54) is 6.08 Å². The van der Waals surface area contributed by atoms with Crippen molar-refractivity contribution in [2.75, 3.05) is 11.5 Å². The van der Waals surface area contributed by atoms with Gasteiger partial charge in [-0.2, -0.15) is 0 Å². The molecule has 0 bridgehead atoms. The zero-order chi connectivity index (χ0) is 31.2. The van der Waals surface area contributed by atoms with Crippen LogP contribution in [0, 0.1) is 6.92 Å². The van der Waals surface area contributed by atoms with Gasteiger partial charge in [0.2, 0.25) is 0 Å². The lowest BCUT2D eigenvalue weighted by molar-refractivity contribution is -0.122. The fourth-order valence-electron chi connectivity index (χ4n) is 4.46. The molecular formula is C34H28BrClN2O6. The van der Waals surface area contributed by atoms with Crippen molar-refractivity contribution in [2.45, 2.75) is 27.1 Å². The normalized spacial score (nSPS) is 14.0. The van der Waals surface area contributed by atoms with Gasteiger partial charge in [0, 0.05) is 5.02 Å². The van der Waals surface area contributed by atoms with Crippen LogP contribution in [-0.2, 0) is 22.8 Å². The Morgan fingerprint density at radius 2 is 1.59 bits per heavy atom. The first-order valence-electron chi connectivity index (χ1n) is 13.7. The monoisotopic (exact) mass is 674 g/mol. The number of carbonyl (C=O) groups is 3. The van der Waals surface area contributed by atoms with Crippen molar-refractivity contribution >= 4 is 57.1 Å². The van der Waals surface area contributed by atoms with E-state index in [1.54, 1.807) is 48.5 Å². The molecule has 0 aromatic heterocycles. The number of benzene rings is 4. The van der Waals surface area contributed by atoms with Gasteiger partial charge in [-0.3, -0.25) is 14.9 Å². The molecule has 0 aliphatic carbocycles. The van der Waals surface area contributed by atoms with Gasteiger partial charge < -0.3 is 14.2 Å². The van der Waals surface area contributed by atoms with Crippen LogP contribution < -0.4 is 24.4 Å². The summed E-state index contributed by atoms with van der Waals surface area (Å²) in [6.45, 7) is 4.82. The molecule has 4 aromatic carbocycles. The Bertz CT molecular complexity index is 1740. The van der Waals surface area contributed by atoms with Gasteiger partial charge in [-0.15, -0.1) is 0 Å². The van der Waals surface area contributed by atoms with Crippen LogP contribution in [0.1, 0.15) is 29.2 Å².